The molecule has 1 rings (SSSR count). The van der Waals surface area contributed by atoms with Gasteiger partial charge < -0.3 is 10.4 Å². The molecule has 1 aromatic rings. The molecule has 0 saturated carbocycles. The Morgan fingerprint density at radius 1 is 1.43 bits per heavy atom. The van der Waals surface area contributed by atoms with Gasteiger partial charge in [0.25, 0.3) is 0 Å². The number of hydrogen-bond acceptors (Lipinski definition) is 3. The van der Waals surface area contributed by atoms with Crippen molar-refractivity contribution >= 4 is 5.71 Å². The van der Waals surface area contributed by atoms with E-state index >= 15 is 0 Å². The molecule has 0 aliphatic rings. The van der Waals surface area contributed by atoms with Crippen LogP contribution >= 0.6 is 0 Å². The van der Waals surface area contributed by atoms with Crippen molar-refractivity contribution in [3.05, 3.63) is 29.8 Å². The zero-order valence-electron chi connectivity index (χ0n) is 8.62. The summed E-state index contributed by atoms with van der Waals surface area (Å²) < 4.78 is 0. The van der Waals surface area contributed by atoms with Crippen LogP contribution in [-0.2, 0) is 0 Å². The van der Waals surface area contributed by atoms with Gasteiger partial charge in [-0.05, 0) is 26.1 Å². The summed E-state index contributed by atoms with van der Waals surface area (Å²) in [5.74, 6) is 0.290. The van der Waals surface area contributed by atoms with E-state index in [0.29, 0.717) is 5.75 Å². The van der Waals surface area contributed by atoms with E-state index in [4.69, 9.17) is 0 Å². The van der Waals surface area contributed by atoms with Crippen LogP contribution in [0.2, 0.25) is 0 Å². The van der Waals surface area contributed by atoms with Crippen molar-refractivity contribution < 1.29 is 5.11 Å². The summed E-state index contributed by atoms with van der Waals surface area (Å²) in [6.07, 6.45) is 0. The Kier molecular flexibility index (Phi) is 4.13. The minimum absolute atomic E-state index is 0.290. The van der Waals surface area contributed by atoms with E-state index in [1.165, 1.54) is 0 Å². The van der Waals surface area contributed by atoms with Crippen LogP contribution in [0.3, 0.4) is 0 Å². The summed E-state index contributed by atoms with van der Waals surface area (Å²) in [4.78, 5) is 4.34. The summed E-state index contributed by atoms with van der Waals surface area (Å²) >= 11 is 0. The van der Waals surface area contributed by atoms with Gasteiger partial charge in [-0.1, -0.05) is 12.1 Å². The topological polar surface area (TPSA) is 44.6 Å². The van der Waals surface area contributed by atoms with E-state index in [-0.39, 0.29) is 0 Å². The number of nitrogens with zero attached hydrogens (tertiary/aromatic N) is 1. The van der Waals surface area contributed by atoms with Crippen molar-refractivity contribution in [3.63, 3.8) is 0 Å². The Bertz CT molecular complexity index is 321. The minimum Gasteiger partial charge on any atom is -0.507 e. The molecule has 0 unspecified atom stereocenters. The lowest BCUT2D eigenvalue weighted by molar-refractivity contribution is 0.474. The zero-order chi connectivity index (χ0) is 10.4. The summed E-state index contributed by atoms with van der Waals surface area (Å²) in [7, 11) is 1.89. The molecule has 0 atom stereocenters. The number of nitrogens with one attached hydrogen (secondary N) is 1. The van der Waals surface area contributed by atoms with Gasteiger partial charge in [-0.2, -0.15) is 0 Å². The Morgan fingerprint density at radius 3 is 2.79 bits per heavy atom. The molecule has 0 aromatic heterocycles. The average Bonchev–Trinajstić information content (AvgIpc) is 2.18. The monoisotopic (exact) mass is 192 g/mol. The lowest BCUT2D eigenvalue weighted by Crippen LogP contribution is -2.11. The van der Waals surface area contributed by atoms with E-state index in [2.05, 4.69) is 10.3 Å². The summed E-state index contributed by atoms with van der Waals surface area (Å²) in [5.41, 5.74) is 1.68. The number of aromatic hydroxyl groups is 1. The summed E-state index contributed by atoms with van der Waals surface area (Å²) in [6.45, 7) is 3.49. The smallest absolute Gasteiger partial charge is 0.124 e. The molecular formula is C11H16N2O. The minimum atomic E-state index is 0.290. The van der Waals surface area contributed by atoms with Gasteiger partial charge in [0.2, 0.25) is 0 Å². The first kappa shape index (κ1) is 10.7. The summed E-state index contributed by atoms with van der Waals surface area (Å²) in [5, 5.41) is 12.6. The second-order valence-corrected chi connectivity index (χ2v) is 3.09. The highest BCUT2D eigenvalue weighted by atomic mass is 16.3. The standard InChI is InChI=1S/C11H16N2O/c1-9(13-8-7-12-2)10-5-3-4-6-11(10)14/h3-6,12,14H,7-8H2,1-2H3. The van der Waals surface area contributed by atoms with Crippen LogP contribution in [0.5, 0.6) is 5.75 Å². The highest BCUT2D eigenvalue weighted by Gasteiger charge is 2.01. The fourth-order valence-corrected chi connectivity index (χ4v) is 1.20. The SMILES string of the molecule is CNCCN=C(C)c1ccccc1O. The van der Waals surface area contributed by atoms with Gasteiger partial charge in [0.1, 0.15) is 5.75 Å². The van der Waals surface area contributed by atoms with Gasteiger partial charge in [0.05, 0.1) is 6.54 Å². The molecule has 0 aliphatic carbocycles. The number of phenolic OH excluding ortho intramolecular Hbond substituents is 1. The first-order valence-corrected chi connectivity index (χ1v) is 4.69. The maximum Gasteiger partial charge on any atom is 0.124 e. The Hall–Kier alpha value is -1.35. The molecule has 76 valence electrons. The lowest BCUT2D eigenvalue weighted by Gasteiger charge is -2.03. The maximum absolute atomic E-state index is 9.54. The van der Waals surface area contributed by atoms with Gasteiger partial charge in [0.15, 0.2) is 0 Å². The molecule has 0 saturated heterocycles. The molecule has 0 spiro atoms. The van der Waals surface area contributed by atoms with Crippen molar-refractivity contribution in [2.24, 2.45) is 4.99 Å². The molecule has 3 nitrogen and oxygen atoms in total. The second-order valence-electron chi connectivity index (χ2n) is 3.09. The predicted molar refractivity (Wildman–Crippen MR) is 59.1 cm³/mol. The van der Waals surface area contributed by atoms with E-state index in [1.54, 1.807) is 12.1 Å². The molecular weight excluding hydrogens is 176 g/mol. The van der Waals surface area contributed by atoms with Gasteiger partial charge in [-0.25, -0.2) is 0 Å². The van der Waals surface area contributed by atoms with Crippen LogP contribution in [0.15, 0.2) is 29.3 Å². The fraction of sp³-hybridized carbons (Fsp3) is 0.364. The normalized spacial score (nSPS) is 11.7. The largest absolute Gasteiger partial charge is 0.507 e. The highest BCUT2D eigenvalue weighted by molar-refractivity contribution is 6.00. The van der Waals surface area contributed by atoms with Crippen molar-refractivity contribution in [3.8, 4) is 5.75 Å². The number of benzene rings is 1. The number of phenols is 1. The molecule has 14 heavy (non-hydrogen) atoms. The third-order valence-corrected chi connectivity index (χ3v) is 2.00. The van der Waals surface area contributed by atoms with Crippen LogP contribution < -0.4 is 5.32 Å². The third kappa shape index (κ3) is 2.85. The van der Waals surface area contributed by atoms with Crippen LogP contribution in [0, 0.1) is 0 Å². The number of hydrogen-bond donors (Lipinski definition) is 2. The fourth-order valence-electron chi connectivity index (χ4n) is 1.20. The molecule has 0 heterocycles. The van der Waals surface area contributed by atoms with Crippen molar-refractivity contribution in [1.82, 2.24) is 5.32 Å². The zero-order valence-corrected chi connectivity index (χ0v) is 8.62. The van der Waals surface area contributed by atoms with Crippen LogP contribution in [0.1, 0.15) is 12.5 Å². The maximum atomic E-state index is 9.54. The number of rotatable bonds is 4. The van der Waals surface area contributed by atoms with E-state index in [1.807, 2.05) is 26.1 Å². The van der Waals surface area contributed by atoms with Crippen LogP contribution in [0.4, 0.5) is 0 Å². The van der Waals surface area contributed by atoms with Gasteiger partial charge in [-0.3, -0.25) is 4.99 Å². The molecule has 0 amide bonds. The molecule has 0 aliphatic heterocycles. The van der Waals surface area contributed by atoms with Crippen molar-refractivity contribution in [1.29, 1.82) is 0 Å². The van der Waals surface area contributed by atoms with E-state index in [0.717, 1.165) is 24.4 Å². The first-order chi connectivity index (χ1) is 6.75. The average molecular weight is 192 g/mol. The molecule has 0 fully saturated rings. The van der Waals surface area contributed by atoms with Gasteiger partial charge >= 0.3 is 0 Å². The molecule has 2 N–H and O–H groups in total. The highest BCUT2D eigenvalue weighted by Crippen LogP contribution is 2.16. The predicted octanol–water partition coefficient (Wildman–Crippen LogP) is 1.42. The quantitative estimate of drug-likeness (QED) is 0.559. The van der Waals surface area contributed by atoms with Crippen LogP contribution in [-0.4, -0.2) is 31.0 Å². The lowest BCUT2D eigenvalue weighted by atomic mass is 10.1. The van der Waals surface area contributed by atoms with Gasteiger partial charge in [-0.15, -0.1) is 0 Å². The molecule has 1 aromatic carbocycles. The second kappa shape index (κ2) is 5.40. The Labute approximate surface area is 84.5 Å². The Balaban J connectivity index is 2.73. The molecule has 0 bridgehead atoms. The summed E-state index contributed by atoms with van der Waals surface area (Å²) in [6, 6.07) is 7.24. The number of aliphatic imine (C=N–C) groups is 1. The first-order valence-electron chi connectivity index (χ1n) is 4.69. The Morgan fingerprint density at radius 2 is 2.14 bits per heavy atom. The van der Waals surface area contributed by atoms with Gasteiger partial charge in [0, 0.05) is 17.8 Å². The van der Waals surface area contributed by atoms with E-state index in [9.17, 15) is 5.11 Å². The van der Waals surface area contributed by atoms with E-state index < -0.39 is 0 Å². The van der Waals surface area contributed by atoms with Crippen LogP contribution in [0.25, 0.3) is 0 Å². The third-order valence-electron chi connectivity index (χ3n) is 2.00. The van der Waals surface area contributed by atoms with Crippen molar-refractivity contribution in [2.75, 3.05) is 20.1 Å². The molecule has 3 heteroatoms. The number of likely N-dealkylation sites (N-methyl/N-ethyl adjacent to an activating group) is 1. The molecule has 0 radical (unpaired) electrons. The van der Waals surface area contributed by atoms with Crippen molar-refractivity contribution in [2.45, 2.75) is 6.92 Å². The number of para-hydroxylation sites is 1.